The van der Waals surface area contributed by atoms with Crippen LogP contribution in [0.15, 0.2) is 65.8 Å². The Labute approximate surface area is 341 Å². The summed E-state index contributed by atoms with van der Waals surface area (Å²) >= 11 is 0. The van der Waals surface area contributed by atoms with Gasteiger partial charge in [-0.3, -0.25) is 4.79 Å². The third-order valence-corrected chi connectivity index (χ3v) is 12.1. The summed E-state index contributed by atoms with van der Waals surface area (Å²) in [5, 5.41) is 47.0. The Balaban J connectivity index is 1.55. The first kappa shape index (κ1) is 45.6. The van der Waals surface area contributed by atoms with E-state index in [1.165, 1.54) is 33.3 Å². The van der Waals surface area contributed by atoms with E-state index in [2.05, 4.69) is 0 Å². The highest BCUT2D eigenvalue weighted by Gasteiger charge is 2.57. The minimum atomic E-state index is -1.89. The van der Waals surface area contributed by atoms with Gasteiger partial charge in [0.05, 0.1) is 70.0 Å². The van der Waals surface area contributed by atoms with Crippen molar-refractivity contribution in [2.75, 3.05) is 14.2 Å². The molecule has 4 aliphatic rings. The molecule has 3 fully saturated rings. The second-order valence-electron chi connectivity index (χ2n) is 17.4. The number of carbonyl (C=O) groups is 3. The SMILES string of the molecule is COC(=O)/C=C1/C[C@H]2C[C@]3(O)O[C@H](C[C@@H](O)CC(=O)O[C@@H]([C@@H](C)O)C[C@@H]4C/C(=C\C(=O)OC)C[C@@](O)(O4)C(C)(C)/C=C\[C@@H](C1)O2)C[C@H](OCc1ccccc1)C3(C)C. The van der Waals surface area contributed by atoms with Gasteiger partial charge in [0.15, 0.2) is 11.6 Å². The minimum Gasteiger partial charge on any atom is -0.466 e. The van der Waals surface area contributed by atoms with Crippen LogP contribution in [-0.2, 0) is 54.1 Å². The molecule has 0 spiro atoms. The summed E-state index contributed by atoms with van der Waals surface area (Å²) in [6.07, 6.45) is -0.164. The van der Waals surface area contributed by atoms with Crippen LogP contribution >= 0.6 is 0 Å². The van der Waals surface area contributed by atoms with E-state index in [9.17, 15) is 34.8 Å². The van der Waals surface area contributed by atoms with Gasteiger partial charge in [0, 0.05) is 55.1 Å². The lowest BCUT2D eigenvalue weighted by molar-refractivity contribution is -0.353. The number of benzene rings is 1. The van der Waals surface area contributed by atoms with E-state index in [1.807, 2.05) is 44.2 Å². The zero-order chi connectivity index (χ0) is 42.5. The van der Waals surface area contributed by atoms with Gasteiger partial charge in [0.25, 0.3) is 0 Å². The molecule has 14 nitrogen and oxygen atoms in total. The molecule has 1 aromatic carbocycles. The summed E-state index contributed by atoms with van der Waals surface area (Å²) < 4.78 is 41.6. The van der Waals surface area contributed by atoms with Crippen LogP contribution in [0.5, 0.6) is 0 Å². The summed E-state index contributed by atoms with van der Waals surface area (Å²) in [5.41, 5.74) is 0.0455. The van der Waals surface area contributed by atoms with E-state index < -0.39 is 95.6 Å². The predicted octanol–water partition coefficient (Wildman–Crippen LogP) is 4.50. The number of aliphatic hydroxyl groups excluding tert-OH is 2. The Morgan fingerprint density at radius 2 is 1.50 bits per heavy atom. The number of methoxy groups -OCH3 is 2. The summed E-state index contributed by atoms with van der Waals surface area (Å²) in [6.45, 7) is 8.98. The number of hydrogen-bond acceptors (Lipinski definition) is 14. The molecule has 0 amide bonds. The number of cyclic esters (lactones) is 1. The third kappa shape index (κ3) is 11.2. The minimum absolute atomic E-state index is 0.0382. The van der Waals surface area contributed by atoms with Crippen molar-refractivity contribution in [2.45, 2.75) is 159 Å². The zero-order valence-corrected chi connectivity index (χ0v) is 34.8. The highest BCUT2D eigenvalue weighted by molar-refractivity contribution is 5.83. The molecule has 0 radical (unpaired) electrons. The van der Waals surface area contributed by atoms with E-state index in [0.29, 0.717) is 18.4 Å². The van der Waals surface area contributed by atoms with Crippen LogP contribution in [-0.4, -0.2) is 113 Å². The van der Waals surface area contributed by atoms with Crippen LogP contribution in [0, 0.1) is 10.8 Å². The molecule has 0 saturated carbocycles. The van der Waals surface area contributed by atoms with Crippen molar-refractivity contribution in [3.05, 3.63) is 71.3 Å². The Morgan fingerprint density at radius 3 is 2.16 bits per heavy atom. The van der Waals surface area contributed by atoms with Crippen molar-refractivity contribution in [1.29, 1.82) is 0 Å². The lowest BCUT2D eigenvalue weighted by Gasteiger charge is -2.54. The molecule has 10 atom stereocenters. The Hall–Kier alpha value is -3.47. The molecule has 1 aromatic rings. The molecule has 0 aromatic heterocycles. The van der Waals surface area contributed by atoms with Gasteiger partial charge in [-0.05, 0) is 31.7 Å². The number of rotatable bonds is 6. The molecule has 0 aliphatic carbocycles. The average Bonchev–Trinajstić information content (AvgIpc) is 3.14. The van der Waals surface area contributed by atoms with E-state index in [4.69, 9.17) is 33.2 Å². The quantitative estimate of drug-likeness (QED) is 0.136. The van der Waals surface area contributed by atoms with Crippen LogP contribution in [0.4, 0.5) is 0 Å². The van der Waals surface area contributed by atoms with Gasteiger partial charge in [0.2, 0.25) is 0 Å². The van der Waals surface area contributed by atoms with E-state index in [1.54, 1.807) is 26.0 Å². The Bertz CT molecular complexity index is 1680. The van der Waals surface area contributed by atoms with E-state index in [-0.39, 0.29) is 45.1 Å². The van der Waals surface area contributed by atoms with Crippen molar-refractivity contribution >= 4 is 17.9 Å². The molecule has 4 heterocycles. The monoisotopic (exact) mass is 814 g/mol. The normalized spacial score (nSPS) is 36.9. The van der Waals surface area contributed by atoms with E-state index >= 15 is 0 Å². The molecule has 322 valence electrons. The Morgan fingerprint density at radius 1 is 0.862 bits per heavy atom. The molecule has 58 heavy (non-hydrogen) atoms. The first-order chi connectivity index (χ1) is 27.2. The van der Waals surface area contributed by atoms with Crippen LogP contribution in [0.25, 0.3) is 0 Å². The fourth-order valence-electron chi connectivity index (χ4n) is 8.38. The summed E-state index contributed by atoms with van der Waals surface area (Å²) in [5.74, 6) is -5.69. The first-order valence-corrected chi connectivity index (χ1v) is 20.2. The van der Waals surface area contributed by atoms with Crippen LogP contribution in [0.2, 0.25) is 0 Å². The fourth-order valence-corrected chi connectivity index (χ4v) is 8.38. The van der Waals surface area contributed by atoms with Gasteiger partial charge in [-0.1, -0.05) is 81.3 Å². The molecule has 0 unspecified atom stereocenters. The van der Waals surface area contributed by atoms with Crippen molar-refractivity contribution < 1.29 is 68.0 Å². The van der Waals surface area contributed by atoms with Crippen LogP contribution < -0.4 is 0 Å². The predicted molar refractivity (Wildman–Crippen MR) is 209 cm³/mol. The highest BCUT2D eigenvalue weighted by Crippen LogP contribution is 2.50. The van der Waals surface area contributed by atoms with Gasteiger partial charge in [0.1, 0.15) is 6.10 Å². The maximum atomic E-state index is 13.3. The van der Waals surface area contributed by atoms with Gasteiger partial charge in [-0.2, -0.15) is 0 Å². The molecule has 4 N–H and O–H groups in total. The molecule has 6 bridgehead atoms. The summed E-state index contributed by atoms with van der Waals surface area (Å²) in [7, 11) is 2.55. The highest BCUT2D eigenvalue weighted by atomic mass is 16.6. The van der Waals surface area contributed by atoms with Gasteiger partial charge in [-0.15, -0.1) is 0 Å². The van der Waals surface area contributed by atoms with E-state index in [0.717, 1.165) is 11.1 Å². The largest absolute Gasteiger partial charge is 0.466 e. The molecular weight excluding hydrogens is 752 g/mol. The first-order valence-electron chi connectivity index (χ1n) is 20.2. The molecule has 3 saturated heterocycles. The van der Waals surface area contributed by atoms with Crippen molar-refractivity contribution in [2.24, 2.45) is 10.8 Å². The van der Waals surface area contributed by atoms with Crippen LogP contribution in [0.1, 0.15) is 98.0 Å². The average molecular weight is 815 g/mol. The van der Waals surface area contributed by atoms with Gasteiger partial charge >= 0.3 is 17.9 Å². The zero-order valence-electron chi connectivity index (χ0n) is 34.8. The molecule has 14 heteroatoms. The van der Waals surface area contributed by atoms with Crippen molar-refractivity contribution in [3.8, 4) is 0 Å². The standard InChI is InChI=1S/C44H62O14/c1-27(45)36-22-33-17-30(19-39(48)53-7)24-43(50,57-33)41(2,3)14-13-32-15-29(18-38(47)52-6)16-35(55-32)25-44(51)42(4,5)37(54-26-28-11-9-8-10-12-28)23-34(58-44)20-31(46)21-40(49)56-36/h8-14,18-19,27,31-37,45-46,50-51H,15-17,20-26H2,1-7H3/b14-13-,29-18+,30-19+/t27-,31-,32+,33+,34-,35+,36-,37+,43-,44+/m1/s1. The Kier molecular flexibility index (Phi) is 14.8. The number of hydrogen-bond donors (Lipinski definition) is 4. The second-order valence-corrected chi connectivity index (χ2v) is 17.4. The van der Waals surface area contributed by atoms with Gasteiger partial charge < -0.3 is 53.6 Å². The number of esters is 3. The maximum Gasteiger partial charge on any atom is 0.330 e. The second kappa shape index (κ2) is 18.8. The molecule has 4 aliphatic heterocycles. The smallest absolute Gasteiger partial charge is 0.330 e. The number of carbonyl (C=O) groups excluding carboxylic acids is 3. The summed E-state index contributed by atoms with van der Waals surface area (Å²) in [6, 6.07) is 9.63. The summed E-state index contributed by atoms with van der Waals surface area (Å²) in [4.78, 5) is 38.3. The number of aliphatic hydroxyl groups is 4. The topological polar surface area (TPSA) is 197 Å². The lowest BCUT2D eigenvalue weighted by Crippen LogP contribution is -2.62. The maximum absolute atomic E-state index is 13.3. The molecular formula is C44H62O14. The fraction of sp³-hybridized carbons (Fsp3) is 0.659. The van der Waals surface area contributed by atoms with Crippen molar-refractivity contribution in [3.63, 3.8) is 0 Å². The van der Waals surface area contributed by atoms with Gasteiger partial charge in [-0.25, -0.2) is 9.59 Å². The van der Waals surface area contributed by atoms with Crippen molar-refractivity contribution in [1.82, 2.24) is 0 Å². The third-order valence-electron chi connectivity index (χ3n) is 12.1. The number of fused-ring (bicyclic) bond motifs is 6. The number of ether oxygens (including phenoxy) is 7. The lowest BCUT2D eigenvalue weighted by atomic mass is 9.70. The van der Waals surface area contributed by atoms with Crippen LogP contribution in [0.3, 0.4) is 0 Å². The molecule has 5 rings (SSSR count).